The van der Waals surface area contributed by atoms with Crippen LogP contribution < -0.4 is 16.0 Å². The van der Waals surface area contributed by atoms with Gasteiger partial charge in [-0.3, -0.25) is 4.79 Å². The van der Waals surface area contributed by atoms with Crippen molar-refractivity contribution in [3.05, 3.63) is 5.56 Å². The summed E-state index contributed by atoms with van der Waals surface area (Å²) >= 11 is 1.27. The van der Waals surface area contributed by atoms with Crippen molar-refractivity contribution in [1.82, 2.24) is 9.69 Å². The standard InChI is InChI=1S/C13H20N4O2S/c1-13(19)4-6-17(7-5-13)12-9(10(14)16-20-12)11(18)15-8-2-3-8/h8,19H,2-7H2,1H3,(H2,14,16)(H,15,18). The average Bonchev–Trinajstić information content (AvgIpc) is 3.10. The Morgan fingerprint density at radius 3 is 2.75 bits per heavy atom. The van der Waals surface area contributed by atoms with Gasteiger partial charge >= 0.3 is 0 Å². The minimum atomic E-state index is -0.608. The topological polar surface area (TPSA) is 91.5 Å². The number of nitrogen functional groups attached to an aromatic ring is 1. The minimum absolute atomic E-state index is 0.119. The second kappa shape index (κ2) is 4.89. The van der Waals surface area contributed by atoms with Gasteiger partial charge < -0.3 is 21.1 Å². The lowest BCUT2D eigenvalue weighted by molar-refractivity contribution is 0.0352. The number of piperidine rings is 1. The van der Waals surface area contributed by atoms with E-state index in [1.807, 2.05) is 6.92 Å². The van der Waals surface area contributed by atoms with E-state index in [1.165, 1.54) is 11.5 Å². The second-order valence-corrected chi connectivity index (χ2v) is 6.73. The van der Waals surface area contributed by atoms with Crippen LogP contribution in [0.15, 0.2) is 0 Å². The maximum atomic E-state index is 12.3. The molecule has 6 nitrogen and oxygen atoms in total. The van der Waals surface area contributed by atoms with Gasteiger partial charge in [0.1, 0.15) is 10.6 Å². The van der Waals surface area contributed by atoms with Crippen LogP contribution in [0.3, 0.4) is 0 Å². The molecule has 1 aromatic rings. The molecule has 0 atom stereocenters. The summed E-state index contributed by atoms with van der Waals surface area (Å²) in [5.41, 5.74) is 5.76. The smallest absolute Gasteiger partial charge is 0.258 e. The highest BCUT2D eigenvalue weighted by Crippen LogP contribution is 2.34. The van der Waals surface area contributed by atoms with Crippen molar-refractivity contribution in [1.29, 1.82) is 0 Å². The zero-order chi connectivity index (χ0) is 14.3. The Morgan fingerprint density at radius 2 is 2.15 bits per heavy atom. The number of amides is 1. The van der Waals surface area contributed by atoms with E-state index in [0.29, 0.717) is 30.3 Å². The Hall–Kier alpha value is -1.34. The lowest BCUT2D eigenvalue weighted by atomic mass is 9.94. The van der Waals surface area contributed by atoms with Gasteiger partial charge in [0.2, 0.25) is 0 Å². The fourth-order valence-corrected chi connectivity index (χ4v) is 3.26. The molecule has 1 aliphatic heterocycles. The van der Waals surface area contributed by atoms with Gasteiger partial charge in [0.05, 0.1) is 5.60 Å². The third-order valence-corrected chi connectivity index (χ3v) is 4.89. The molecule has 0 spiro atoms. The number of hydrogen-bond acceptors (Lipinski definition) is 6. The largest absolute Gasteiger partial charge is 0.390 e. The number of rotatable bonds is 3. The fraction of sp³-hybridized carbons (Fsp3) is 0.692. The van der Waals surface area contributed by atoms with Crippen molar-refractivity contribution >= 4 is 28.3 Å². The molecule has 1 aliphatic carbocycles. The van der Waals surface area contributed by atoms with Gasteiger partial charge in [0.15, 0.2) is 5.82 Å². The Balaban J connectivity index is 1.78. The summed E-state index contributed by atoms with van der Waals surface area (Å²) in [6, 6.07) is 0.303. The molecule has 2 aliphatic rings. The lowest BCUT2D eigenvalue weighted by Gasteiger charge is -2.36. The first-order valence-corrected chi connectivity index (χ1v) is 7.77. The van der Waals surface area contributed by atoms with Gasteiger partial charge in [-0.15, -0.1) is 0 Å². The van der Waals surface area contributed by atoms with Crippen LogP contribution in [-0.4, -0.2) is 40.1 Å². The van der Waals surface area contributed by atoms with Crippen LogP contribution in [0.1, 0.15) is 43.0 Å². The number of hydrogen-bond donors (Lipinski definition) is 3. The summed E-state index contributed by atoms with van der Waals surface area (Å²) in [7, 11) is 0. The van der Waals surface area contributed by atoms with E-state index in [0.717, 1.165) is 30.9 Å². The summed E-state index contributed by atoms with van der Waals surface area (Å²) < 4.78 is 4.13. The van der Waals surface area contributed by atoms with Crippen LogP contribution in [0.5, 0.6) is 0 Å². The highest BCUT2D eigenvalue weighted by atomic mass is 32.1. The van der Waals surface area contributed by atoms with E-state index < -0.39 is 5.60 Å². The van der Waals surface area contributed by atoms with E-state index in [1.54, 1.807) is 0 Å². The molecular formula is C13H20N4O2S. The third-order valence-electron chi connectivity index (χ3n) is 3.97. The van der Waals surface area contributed by atoms with E-state index >= 15 is 0 Å². The number of nitrogens with one attached hydrogen (secondary N) is 1. The van der Waals surface area contributed by atoms with Crippen LogP contribution in [0.25, 0.3) is 0 Å². The number of anilines is 2. The van der Waals surface area contributed by atoms with Crippen molar-refractivity contribution in [3.63, 3.8) is 0 Å². The molecule has 0 unspecified atom stereocenters. The van der Waals surface area contributed by atoms with Crippen molar-refractivity contribution < 1.29 is 9.90 Å². The van der Waals surface area contributed by atoms with Gasteiger partial charge in [0, 0.05) is 19.1 Å². The number of nitrogens with two attached hydrogens (primary N) is 1. The van der Waals surface area contributed by atoms with Crippen molar-refractivity contribution in [2.24, 2.45) is 0 Å². The predicted octanol–water partition coefficient (Wildman–Crippen LogP) is 0.969. The Bertz CT molecular complexity index is 514. The van der Waals surface area contributed by atoms with Crippen molar-refractivity contribution in [2.45, 2.75) is 44.2 Å². The minimum Gasteiger partial charge on any atom is -0.390 e. The number of aliphatic hydroxyl groups is 1. The van der Waals surface area contributed by atoms with Gasteiger partial charge in [0.25, 0.3) is 5.91 Å². The monoisotopic (exact) mass is 296 g/mol. The molecule has 2 fully saturated rings. The first-order valence-electron chi connectivity index (χ1n) is 7.00. The molecule has 0 bridgehead atoms. The molecule has 7 heteroatoms. The molecule has 1 saturated heterocycles. The highest BCUT2D eigenvalue weighted by molar-refractivity contribution is 7.11. The molecule has 1 saturated carbocycles. The van der Waals surface area contributed by atoms with Gasteiger partial charge in [-0.2, -0.15) is 4.37 Å². The molecule has 4 N–H and O–H groups in total. The van der Waals surface area contributed by atoms with Gasteiger partial charge in [-0.05, 0) is 44.1 Å². The first-order chi connectivity index (χ1) is 9.46. The normalized spacial score (nSPS) is 21.8. The number of carbonyl (C=O) groups excluding carboxylic acids is 1. The molecular weight excluding hydrogens is 276 g/mol. The maximum Gasteiger partial charge on any atom is 0.258 e. The van der Waals surface area contributed by atoms with E-state index in [2.05, 4.69) is 14.6 Å². The summed E-state index contributed by atoms with van der Waals surface area (Å²) in [6.07, 6.45) is 3.47. The fourth-order valence-electron chi connectivity index (χ4n) is 2.40. The molecule has 3 rings (SSSR count). The summed E-state index contributed by atoms with van der Waals surface area (Å²) in [5, 5.41) is 13.8. The zero-order valence-electron chi connectivity index (χ0n) is 11.6. The van der Waals surface area contributed by atoms with Crippen molar-refractivity contribution in [3.8, 4) is 0 Å². The number of aromatic nitrogens is 1. The van der Waals surface area contributed by atoms with Gasteiger partial charge in [-0.1, -0.05) is 0 Å². The third kappa shape index (κ3) is 2.73. The van der Waals surface area contributed by atoms with E-state index in [-0.39, 0.29) is 5.91 Å². The quantitative estimate of drug-likeness (QED) is 0.773. The van der Waals surface area contributed by atoms with Crippen LogP contribution in [0, 0.1) is 0 Å². The van der Waals surface area contributed by atoms with Crippen LogP contribution in [-0.2, 0) is 0 Å². The van der Waals surface area contributed by atoms with Crippen LogP contribution in [0.4, 0.5) is 10.8 Å². The maximum absolute atomic E-state index is 12.3. The second-order valence-electron chi connectivity index (χ2n) is 5.98. The molecule has 1 amide bonds. The Kier molecular flexibility index (Phi) is 3.33. The molecule has 0 radical (unpaired) electrons. The predicted molar refractivity (Wildman–Crippen MR) is 79.1 cm³/mol. The van der Waals surface area contributed by atoms with Gasteiger partial charge in [-0.25, -0.2) is 0 Å². The highest BCUT2D eigenvalue weighted by Gasteiger charge is 2.32. The number of carbonyl (C=O) groups is 1. The average molecular weight is 296 g/mol. The molecule has 2 heterocycles. The summed E-state index contributed by atoms with van der Waals surface area (Å²) in [6.45, 7) is 3.29. The summed E-state index contributed by atoms with van der Waals surface area (Å²) in [4.78, 5) is 14.4. The van der Waals surface area contributed by atoms with Crippen molar-refractivity contribution in [2.75, 3.05) is 23.7 Å². The van der Waals surface area contributed by atoms with E-state index in [9.17, 15) is 9.90 Å². The SMILES string of the molecule is CC1(O)CCN(c2snc(N)c2C(=O)NC2CC2)CC1. The van der Waals surface area contributed by atoms with E-state index in [4.69, 9.17) is 5.73 Å². The van der Waals surface area contributed by atoms with Crippen LogP contribution >= 0.6 is 11.5 Å². The Morgan fingerprint density at radius 1 is 1.50 bits per heavy atom. The Labute approximate surface area is 122 Å². The zero-order valence-corrected chi connectivity index (χ0v) is 12.4. The number of nitrogens with zero attached hydrogens (tertiary/aromatic N) is 2. The molecule has 110 valence electrons. The molecule has 0 aromatic carbocycles. The first kappa shape index (κ1) is 13.6. The summed E-state index contributed by atoms with van der Waals surface area (Å²) in [5.74, 6) is 0.187. The molecule has 20 heavy (non-hydrogen) atoms. The van der Waals surface area contributed by atoms with Crippen LogP contribution in [0.2, 0.25) is 0 Å². The molecule has 1 aromatic heterocycles. The lowest BCUT2D eigenvalue weighted by Crippen LogP contribution is -2.43.